The van der Waals surface area contributed by atoms with E-state index in [1.807, 2.05) is 13.8 Å². The number of hydrogen-bond acceptors (Lipinski definition) is 5. The van der Waals surface area contributed by atoms with Crippen molar-refractivity contribution < 1.29 is 0 Å². The fourth-order valence-corrected chi connectivity index (χ4v) is 0.947. The van der Waals surface area contributed by atoms with E-state index in [2.05, 4.69) is 15.2 Å². The van der Waals surface area contributed by atoms with Gasteiger partial charge in [-0.2, -0.15) is 10.2 Å². The third-order valence-electron chi connectivity index (χ3n) is 1.66. The Morgan fingerprint density at radius 2 is 2.27 bits per heavy atom. The molecule has 0 saturated heterocycles. The highest BCUT2D eigenvalue weighted by Gasteiger charge is 2.01. The van der Waals surface area contributed by atoms with E-state index in [9.17, 15) is 0 Å². The second kappa shape index (κ2) is 5.09. The first-order valence-electron chi connectivity index (χ1n) is 4.67. The Morgan fingerprint density at radius 1 is 1.53 bits per heavy atom. The number of anilines is 1. The van der Waals surface area contributed by atoms with Crippen LogP contribution in [0.1, 0.15) is 19.5 Å². The summed E-state index contributed by atoms with van der Waals surface area (Å²) < 4.78 is 0. The van der Waals surface area contributed by atoms with Crippen molar-refractivity contribution in [3.05, 3.63) is 24.2 Å². The first-order valence-corrected chi connectivity index (χ1v) is 4.67. The van der Waals surface area contributed by atoms with Crippen LogP contribution in [0, 0.1) is 0 Å². The summed E-state index contributed by atoms with van der Waals surface area (Å²) in [5, 5.41) is 7.67. The molecule has 5 nitrogen and oxygen atoms in total. The topological polar surface area (TPSA) is 90.2 Å². The second-order valence-corrected chi connectivity index (χ2v) is 3.37. The fraction of sp³-hybridized carbons (Fsp3) is 0.300. The van der Waals surface area contributed by atoms with Crippen LogP contribution >= 0.6 is 0 Å². The van der Waals surface area contributed by atoms with E-state index in [-0.39, 0.29) is 6.04 Å². The van der Waals surface area contributed by atoms with Crippen LogP contribution in [0.2, 0.25) is 0 Å². The van der Waals surface area contributed by atoms with Gasteiger partial charge >= 0.3 is 0 Å². The number of allylic oxidation sites excluding steroid dienone is 1. The Hall–Kier alpha value is -1.91. The third kappa shape index (κ3) is 3.38. The molecule has 0 amide bonds. The monoisotopic (exact) mass is 205 g/mol. The maximum absolute atomic E-state index is 5.59. The van der Waals surface area contributed by atoms with Gasteiger partial charge in [0.2, 0.25) is 0 Å². The van der Waals surface area contributed by atoms with E-state index in [0.29, 0.717) is 17.0 Å². The number of nitrogens with two attached hydrogens (primary N) is 2. The number of rotatable bonds is 3. The molecule has 5 heteroatoms. The lowest BCUT2D eigenvalue weighted by Gasteiger charge is -2.01. The van der Waals surface area contributed by atoms with Crippen molar-refractivity contribution in [3.8, 4) is 0 Å². The second-order valence-electron chi connectivity index (χ2n) is 3.37. The van der Waals surface area contributed by atoms with Crippen LogP contribution in [-0.2, 0) is 0 Å². The van der Waals surface area contributed by atoms with Gasteiger partial charge < -0.3 is 11.5 Å². The quantitative estimate of drug-likeness (QED) is 0.715. The molecule has 1 heterocycles. The van der Waals surface area contributed by atoms with Gasteiger partial charge in [0.1, 0.15) is 0 Å². The number of nitrogens with zero attached hydrogens (tertiary/aromatic N) is 3. The Balaban J connectivity index is 2.94. The molecule has 0 saturated carbocycles. The summed E-state index contributed by atoms with van der Waals surface area (Å²) in [5.41, 5.74) is 13.0. The van der Waals surface area contributed by atoms with Crippen molar-refractivity contribution in [2.24, 2.45) is 10.7 Å². The van der Waals surface area contributed by atoms with Crippen molar-refractivity contribution in [1.82, 2.24) is 10.2 Å². The predicted molar refractivity (Wildman–Crippen MR) is 62.2 cm³/mol. The Kier molecular flexibility index (Phi) is 3.79. The molecule has 0 aliphatic heterocycles. The number of hydrogen-bond donors (Lipinski definition) is 2. The first kappa shape index (κ1) is 11.2. The highest BCUT2D eigenvalue weighted by Crippen LogP contribution is 2.10. The molecule has 1 aromatic heterocycles. The van der Waals surface area contributed by atoms with Gasteiger partial charge in [0.25, 0.3) is 0 Å². The maximum atomic E-state index is 5.59. The van der Waals surface area contributed by atoms with Gasteiger partial charge in [0.05, 0.1) is 17.6 Å². The molecule has 80 valence electrons. The molecule has 15 heavy (non-hydrogen) atoms. The van der Waals surface area contributed by atoms with Crippen LogP contribution < -0.4 is 11.5 Å². The van der Waals surface area contributed by atoms with Gasteiger partial charge in [0, 0.05) is 24.0 Å². The summed E-state index contributed by atoms with van der Waals surface area (Å²) in [5.74, 6) is 0. The zero-order valence-corrected chi connectivity index (χ0v) is 8.88. The average Bonchev–Trinajstić information content (AvgIpc) is 2.18. The zero-order chi connectivity index (χ0) is 11.3. The normalized spacial score (nSPS) is 12.6. The molecule has 0 spiro atoms. The molecule has 0 fully saturated rings. The highest BCUT2D eigenvalue weighted by molar-refractivity contribution is 6.08. The van der Waals surface area contributed by atoms with Crippen molar-refractivity contribution >= 4 is 17.5 Å². The van der Waals surface area contributed by atoms with E-state index in [0.717, 1.165) is 0 Å². The van der Waals surface area contributed by atoms with Crippen LogP contribution in [-0.4, -0.2) is 22.5 Å². The lowest BCUT2D eigenvalue weighted by atomic mass is 10.2. The Morgan fingerprint density at radius 3 is 2.80 bits per heavy atom. The summed E-state index contributed by atoms with van der Waals surface area (Å²) in [6, 6.07) is 1.92. The van der Waals surface area contributed by atoms with Crippen LogP contribution in [0.5, 0.6) is 0 Å². The molecule has 0 atom stereocenters. The van der Waals surface area contributed by atoms with Gasteiger partial charge in [0.15, 0.2) is 0 Å². The molecule has 0 radical (unpaired) electrons. The summed E-state index contributed by atoms with van der Waals surface area (Å²) in [4.78, 5) is 4.22. The van der Waals surface area contributed by atoms with Gasteiger partial charge in [-0.3, -0.25) is 4.99 Å². The summed E-state index contributed by atoms with van der Waals surface area (Å²) in [6.07, 6.45) is 4.60. The minimum atomic E-state index is 0.217. The standard InChI is InChI=1S/C10H15N5/c1-7(2)13-5-8(4-11)10-3-9(12)6-14-15-10/h3-7H,11H2,1-2H3,(H2,12,15)/b8-4+,13-5?. The molecule has 4 N–H and O–H groups in total. The van der Waals surface area contributed by atoms with E-state index in [1.54, 1.807) is 12.3 Å². The maximum Gasteiger partial charge on any atom is 0.0979 e. The van der Waals surface area contributed by atoms with Crippen LogP contribution in [0.4, 0.5) is 5.69 Å². The van der Waals surface area contributed by atoms with Crippen LogP contribution in [0.3, 0.4) is 0 Å². The van der Waals surface area contributed by atoms with E-state index in [1.165, 1.54) is 12.4 Å². The number of aliphatic imine (C=N–C) groups is 1. The van der Waals surface area contributed by atoms with E-state index in [4.69, 9.17) is 11.5 Å². The smallest absolute Gasteiger partial charge is 0.0979 e. The number of nitrogen functional groups attached to an aromatic ring is 1. The Bertz CT molecular complexity index is 381. The van der Waals surface area contributed by atoms with Gasteiger partial charge in [-0.25, -0.2) is 0 Å². The molecule has 0 aromatic carbocycles. The zero-order valence-electron chi connectivity index (χ0n) is 8.88. The predicted octanol–water partition coefficient (Wildman–Crippen LogP) is 0.838. The first-order chi connectivity index (χ1) is 7.13. The molecular formula is C10H15N5. The minimum absolute atomic E-state index is 0.217. The molecule has 1 rings (SSSR count). The summed E-state index contributed by atoms with van der Waals surface area (Å²) >= 11 is 0. The largest absolute Gasteiger partial charge is 0.404 e. The summed E-state index contributed by atoms with van der Waals surface area (Å²) in [7, 11) is 0. The van der Waals surface area contributed by atoms with E-state index >= 15 is 0 Å². The van der Waals surface area contributed by atoms with Crippen molar-refractivity contribution in [1.29, 1.82) is 0 Å². The van der Waals surface area contributed by atoms with Gasteiger partial charge in [-0.05, 0) is 19.9 Å². The fourth-order valence-electron chi connectivity index (χ4n) is 0.947. The van der Waals surface area contributed by atoms with E-state index < -0.39 is 0 Å². The van der Waals surface area contributed by atoms with Crippen molar-refractivity contribution in [2.45, 2.75) is 19.9 Å². The SMILES string of the molecule is CC(C)N=C/C(=C\N)c1cc(N)cnn1. The van der Waals surface area contributed by atoms with Gasteiger partial charge in [-0.15, -0.1) is 0 Å². The van der Waals surface area contributed by atoms with Crippen LogP contribution in [0.25, 0.3) is 5.57 Å². The molecule has 1 aromatic rings. The van der Waals surface area contributed by atoms with Crippen molar-refractivity contribution in [3.63, 3.8) is 0 Å². The minimum Gasteiger partial charge on any atom is -0.404 e. The molecular weight excluding hydrogens is 190 g/mol. The molecule has 0 bridgehead atoms. The molecule has 0 aliphatic carbocycles. The lowest BCUT2D eigenvalue weighted by molar-refractivity contribution is 0.842. The highest BCUT2D eigenvalue weighted by atomic mass is 15.1. The summed E-state index contributed by atoms with van der Waals surface area (Å²) in [6.45, 7) is 3.96. The molecule has 0 aliphatic rings. The average molecular weight is 205 g/mol. The van der Waals surface area contributed by atoms with Crippen molar-refractivity contribution in [2.75, 3.05) is 5.73 Å². The molecule has 0 unspecified atom stereocenters. The Labute approximate surface area is 88.9 Å². The van der Waals surface area contributed by atoms with Crippen LogP contribution in [0.15, 0.2) is 23.5 Å². The number of aromatic nitrogens is 2. The third-order valence-corrected chi connectivity index (χ3v) is 1.66. The van der Waals surface area contributed by atoms with Gasteiger partial charge in [-0.1, -0.05) is 0 Å². The lowest BCUT2D eigenvalue weighted by Crippen LogP contribution is -2.00.